The van der Waals surface area contributed by atoms with E-state index in [0.717, 1.165) is 11.3 Å². The second kappa shape index (κ2) is 5.35. The van der Waals surface area contributed by atoms with Crippen LogP contribution in [0.15, 0.2) is 18.2 Å². The van der Waals surface area contributed by atoms with Gasteiger partial charge in [0.15, 0.2) is 5.13 Å². The van der Waals surface area contributed by atoms with Crippen LogP contribution < -0.4 is 9.44 Å². The van der Waals surface area contributed by atoms with E-state index in [0.29, 0.717) is 10.2 Å². The van der Waals surface area contributed by atoms with E-state index in [9.17, 15) is 13.2 Å². The van der Waals surface area contributed by atoms with E-state index in [1.807, 2.05) is 0 Å². The Morgan fingerprint density at radius 2 is 2.10 bits per heavy atom. The molecule has 0 bridgehead atoms. The lowest BCUT2D eigenvalue weighted by molar-refractivity contribution is 0.0697. The Kier molecular flexibility index (Phi) is 3.93. The zero-order valence-electron chi connectivity index (χ0n) is 10.7. The fourth-order valence-electron chi connectivity index (χ4n) is 1.56. The molecule has 0 amide bonds. The summed E-state index contributed by atoms with van der Waals surface area (Å²) < 4.78 is 28.7. The molecule has 1 aromatic carbocycles. The lowest BCUT2D eigenvalue weighted by Gasteiger charge is -2.08. The van der Waals surface area contributed by atoms with Crippen LogP contribution in [0.5, 0.6) is 0 Å². The summed E-state index contributed by atoms with van der Waals surface area (Å²) in [5.41, 5.74) is 0.679. The number of carboxylic acids is 1. The molecule has 0 saturated carbocycles. The van der Waals surface area contributed by atoms with Crippen LogP contribution in [0.1, 0.15) is 24.2 Å². The molecule has 0 unspecified atom stereocenters. The maximum Gasteiger partial charge on any atom is 0.335 e. The van der Waals surface area contributed by atoms with Crippen molar-refractivity contribution in [1.82, 2.24) is 9.71 Å². The third-order valence-electron chi connectivity index (χ3n) is 2.25. The Morgan fingerprint density at radius 3 is 2.70 bits per heavy atom. The molecule has 9 heteroatoms. The SMILES string of the molecule is CC(C)NS(=O)(=O)Nc1nc2ccc(C(=O)O)cc2s1. The van der Waals surface area contributed by atoms with E-state index in [1.54, 1.807) is 19.9 Å². The molecule has 0 aliphatic rings. The summed E-state index contributed by atoms with van der Waals surface area (Å²) in [7, 11) is -3.68. The number of anilines is 1. The topological polar surface area (TPSA) is 108 Å². The van der Waals surface area contributed by atoms with E-state index in [4.69, 9.17) is 5.11 Å². The maximum absolute atomic E-state index is 11.7. The van der Waals surface area contributed by atoms with Gasteiger partial charge in [-0.25, -0.2) is 14.5 Å². The van der Waals surface area contributed by atoms with E-state index in [2.05, 4.69) is 14.4 Å². The molecular weight excluding hydrogens is 302 g/mol. The molecule has 0 spiro atoms. The average Bonchev–Trinajstić information content (AvgIpc) is 2.66. The summed E-state index contributed by atoms with van der Waals surface area (Å²) in [4.78, 5) is 15.0. The van der Waals surface area contributed by atoms with Crippen molar-refractivity contribution in [2.45, 2.75) is 19.9 Å². The van der Waals surface area contributed by atoms with Gasteiger partial charge in [-0.2, -0.15) is 13.1 Å². The molecule has 0 saturated heterocycles. The minimum absolute atomic E-state index is 0.135. The van der Waals surface area contributed by atoms with Gasteiger partial charge in [0.2, 0.25) is 0 Å². The van der Waals surface area contributed by atoms with Gasteiger partial charge in [0.25, 0.3) is 0 Å². The number of aromatic nitrogens is 1. The summed E-state index contributed by atoms with van der Waals surface area (Å²) >= 11 is 1.08. The van der Waals surface area contributed by atoms with Crippen LogP contribution in [-0.2, 0) is 10.2 Å². The Labute approximate surface area is 119 Å². The van der Waals surface area contributed by atoms with Gasteiger partial charge in [-0.15, -0.1) is 0 Å². The maximum atomic E-state index is 11.7. The van der Waals surface area contributed by atoms with Crippen molar-refractivity contribution in [3.8, 4) is 0 Å². The number of nitrogens with zero attached hydrogens (tertiary/aromatic N) is 1. The first kappa shape index (κ1) is 14.7. The number of nitrogens with one attached hydrogen (secondary N) is 2. The van der Waals surface area contributed by atoms with Crippen LogP contribution in [0.2, 0.25) is 0 Å². The van der Waals surface area contributed by atoms with Crippen LogP contribution in [0.4, 0.5) is 5.13 Å². The molecule has 0 fully saturated rings. The Hall–Kier alpha value is -1.71. The van der Waals surface area contributed by atoms with Crippen LogP contribution in [-0.4, -0.2) is 30.5 Å². The largest absolute Gasteiger partial charge is 0.478 e. The number of hydrogen-bond donors (Lipinski definition) is 3. The fraction of sp³-hybridized carbons (Fsp3) is 0.273. The normalized spacial score (nSPS) is 11.9. The standard InChI is InChI=1S/C11H13N3O4S2/c1-6(2)13-20(17,18)14-11-12-8-4-3-7(10(15)16)5-9(8)19-11/h3-6,13H,1-2H3,(H,12,14)(H,15,16). The number of thiazole rings is 1. The lowest BCUT2D eigenvalue weighted by atomic mass is 10.2. The number of carboxylic acid groups (broad SMARTS) is 1. The average molecular weight is 315 g/mol. The number of hydrogen-bond acceptors (Lipinski definition) is 5. The van der Waals surface area contributed by atoms with Gasteiger partial charge in [0, 0.05) is 6.04 Å². The first-order chi connectivity index (χ1) is 9.27. The van der Waals surface area contributed by atoms with Crippen molar-refractivity contribution in [3.05, 3.63) is 23.8 Å². The van der Waals surface area contributed by atoms with Gasteiger partial charge in [0.1, 0.15) is 0 Å². The smallest absolute Gasteiger partial charge is 0.335 e. The predicted molar refractivity (Wildman–Crippen MR) is 77.4 cm³/mol. The highest BCUT2D eigenvalue weighted by Gasteiger charge is 2.15. The quantitative estimate of drug-likeness (QED) is 0.777. The van der Waals surface area contributed by atoms with E-state index >= 15 is 0 Å². The highest BCUT2D eigenvalue weighted by Crippen LogP contribution is 2.27. The number of benzene rings is 1. The Balaban J connectivity index is 2.30. The van der Waals surface area contributed by atoms with Gasteiger partial charge >= 0.3 is 16.2 Å². The van der Waals surface area contributed by atoms with Gasteiger partial charge in [0.05, 0.1) is 15.8 Å². The lowest BCUT2D eigenvalue weighted by Crippen LogP contribution is -2.35. The van der Waals surface area contributed by atoms with Gasteiger partial charge in [-0.3, -0.25) is 0 Å². The fourth-order valence-corrected chi connectivity index (χ4v) is 3.76. The highest BCUT2D eigenvalue weighted by molar-refractivity contribution is 7.91. The minimum atomic E-state index is -3.68. The number of fused-ring (bicyclic) bond motifs is 1. The number of aromatic carboxylic acids is 1. The third-order valence-corrected chi connectivity index (χ3v) is 4.55. The zero-order chi connectivity index (χ0) is 14.9. The molecule has 0 aliphatic carbocycles. The minimum Gasteiger partial charge on any atom is -0.478 e. The molecule has 0 aliphatic heterocycles. The second-order valence-corrected chi connectivity index (χ2v) is 6.86. The first-order valence-electron chi connectivity index (χ1n) is 5.71. The molecule has 0 radical (unpaired) electrons. The van der Waals surface area contributed by atoms with Crippen molar-refractivity contribution < 1.29 is 18.3 Å². The molecule has 2 rings (SSSR count). The number of rotatable bonds is 5. The first-order valence-corrected chi connectivity index (χ1v) is 8.01. The highest BCUT2D eigenvalue weighted by atomic mass is 32.2. The summed E-state index contributed by atoms with van der Waals surface area (Å²) in [5, 5.41) is 9.09. The van der Waals surface area contributed by atoms with Crippen molar-refractivity contribution in [1.29, 1.82) is 0 Å². The van der Waals surface area contributed by atoms with Gasteiger partial charge in [-0.1, -0.05) is 11.3 Å². The summed E-state index contributed by atoms with van der Waals surface area (Å²) in [6.45, 7) is 3.41. The van der Waals surface area contributed by atoms with Crippen molar-refractivity contribution in [2.75, 3.05) is 4.72 Å². The molecule has 1 heterocycles. The van der Waals surface area contributed by atoms with E-state index < -0.39 is 16.2 Å². The van der Waals surface area contributed by atoms with Crippen LogP contribution >= 0.6 is 11.3 Å². The van der Waals surface area contributed by atoms with E-state index in [-0.39, 0.29) is 16.7 Å². The van der Waals surface area contributed by atoms with Crippen molar-refractivity contribution in [2.24, 2.45) is 0 Å². The summed E-state index contributed by atoms with van der Waals surface area (Å²) in [5.74, 6) is -1.04. The van der Waals surface area contributed by atoms with Crippen molar-refractivity contribution in [3.63, 3.8) is 0 Å². The third kappa shape index (κ3) is 3.44. The zero-order valence-corrected chi connectivity index (χ0v) is 12.4. The Bertz CT molecular complexity index is 752. The predicted octanol–water partition coefficient (Wildman–Crippen LogP) is 1.65. The molecule has 7 nitrogen and oxygen atoms in total. The number of carbonyl (C=O) groups is 1. The second-order valence-electron chi connectivity index (χ2n) is 4.38. The van der Waals surface area contributed by atoms with E-state index in [1.165, 1.54) is 12.1 Å². The van der Waals surface area contributed by atoms with Crippen LogP contribution in [0, 0.1) is 0 Å². The van der Waals surface area contributed by atoms with Gasteiger partial charge < -0.3 is 5.11 Å². The van der Waals surface area contributed by atoms with Crippen LogP contribution in [0.25, 0.3) is 10.2 Å². The van der Waals surface area contributed by atoms with Crippen LogP contribution in [0.3, 0.4) is 0 Å². The molecule has 20 heavy (non-hydrogen) atoms. The molecule has 1 aromatic heterocycles. The van der Waals surface area contributed by atoms with Gasteiger partial charge in [-0.05, 0) is 32.0 Å². The van der Waals surface area contributed by atoms with Crippen molar-refractivity contribution >= 4 is 42.9 Å². The molecule has 2 aromatic rings. The Morgan fingerprint density at radius 1 is 1.40 bits per heavy atom. The molecular formula is C11H13N3O4S2. The molecule has 0 atom stereocenters. The monoisotopic (exact) mass is 315 g/mol. The summed E-state index contributed by atoms with van der Waals surface area (Å²) in [6.07, 6.45) is 0. The molecule has 108 valence electrons. The molecule has 3 N–H and O–H groups in total. The summed E-state index contributed by atoms with van der Waals surface area (Å²) in [6, 6.07) is 4.20.